The summed E-state index contributed by atoms with van der Waals surface area (Å²) in [5.41, 5.74) is 8.37. The van der Waals surface area contributed by atoms with Crippen LogP contribution in [0.3, 0.4) is 0 Å². The van der Waals surface area contributed by atoms with E-state index in [1.807, 2.05) is 23.9 Å². The minimum absolute atomic E-state index is 0.204. The van der Waals surface area contributed by atoms with Gasteiger partial charge in [0.15, 0.2) is 0 Å². The Labute approximate surface area is 357 Å². The Bertz CT molecular complexity index is 1840. The highest BCUT2D eigenvalue weighted by molar-refractivity contribution is 8.32. The van der Waals surface area contributed by atoms with Gasteiger partial charge in [0.1, 0.15) is 4.71 Å². The van der Waals surface area contributed by atoms with E-state index in [2.05, 4.69) is 190 Å². The van der Waals surface area contributed by atoms with Crippen molar-refractivity contribution in [1.82, 2.24) is 8.61 Å². The molecule has 0 radical (unpaired) electrons. The summed E-state index contributed by atoms with van der Waals surface area (Å²) in [5.74, 6) is 1.35. The van der Waals surface area contributed by atoms with Gasteiger partial charge in [-0.25, -0.2) is 0 Å². The van der Waals surface area contributed by atoms with E-state index in [1.54, 1.807) is 0 Å². The Morgan fingerprint density at radius 1 is 0.643 bits per heavy atom. The monoisotopic (exact) mass is 823 g/mol. The van der Waals surface area contributed by atoms with Gasteiger partial charge in [0, 0.05) is 55.9 Å². The zero-order chi connectivity index (χ0) is 39.6. The fourth-order valence-electron chi connectivity index (χ4n) is 8.03. The molecule has 3 aliphatic rings. The number of hydrogen-bond acceptors (Lipinski definition) is 7. The molecular weight excluding hydrogens is 759 g/mol. The van der Waals surface area contributed by atoms with E-state index in [1.165, 1.54) is 53.1 Å². The molecule has 0 bridgehead atoms. The lowest BCUT2D eigenvalue weighted by Crippen LogP contribution is -2.41. The normalized spacial score (nSPS) is 21.3. The molecule has 0 aromatic heterocycles. The lowest BCUT2D eigenvalue weighted by atomic mass is 9.84. The van der Waals surface area contributed by atoms with E-state index in [9.17, 15) is 0 Å². The maximum atomic E-state index is 2.75. The quantitative estimate of drug-likeness (QED) is 0.110. The first-order valence-corrected chi connectivity index (χ1v) is 24.8. The molecule has 2 aliphatic heterocycles. The van der Waals surface area contributed by atoms with Crippen LogP contribution in [0.25, 0.3) is 14.7 Å². The minimum atomic E-state index is 0.204. The number of allylic oxidation sites excluding steroid dienone is 2. The Morgan fingerprint density at radius 3 is 1.82 bits per heavy atom. The minimum Gasteiger partial charge on any atom is -0.371 e. The molecule has 0 saturated carbocycles. The summed E-state index contributed by atoms with van der Waals surface area (Å²) in [6, 6.07) is 30.2. The molecule has 1 aliphatic carbocycles. The van der Waals surface area contributed by atoms with Crippen LogP contribution in [-0.4, -0.2) is 45.5 Å². The molecule has 0 N–H and O–H groups in total. The van der Waals surface area contributed by atoms with Crippen molar-refractivity contribution in [2.24, 2.45) is 11.8 Å². The molecule has 0 fully saturated rings. The van der Waals surface area contributed by atoms with Crippen LogP contribution in [0, 0.1) is 11.8 Å². The van der Waals surface area contributed by atoms with Crippen molar-refractivity contribution < 1.29 is 0 Å². The summed E-state index contributed by atoms with van der Waals surface area (Å²) in [7, 11) is 0. The molecule has 2 heterocycles. The third-order valence-corrected chi connectivity index (χ3v) is 17.5. The first kappa shape index (κ1) is 43.3. The first-order chi connectivity index (χ1) is 27.3. The highest BCUT2D eigenvalue weighted by Gasteiger charge is 2.42. The van der Waals surface area contributed by atoms with Gasteiger partial charge in [-0.3, -0.25) is 4.90 Å². The number of rotatable bonds is 19. The smallest absolute Gasteiger partial charge is 0.132 e. The first-order valence-electron chi connectivity index (χ1n) is 21.5. The molecule has 56 heavy (non-hydrogen) atoms. The molecular formula is C49H65N3S4. The zero-order valence-electron chi connectivity index (χ0n) is 35.2. The standard InChI is InChI=1S/C49H65N3S4/c1-9-29-50(30-10-2)43-27-25-39(35(7)13-5)33-41(43)47-45(37-21-17-15-18-22-37)53-49(54-47)52-55-46(38-23-19-16-20-24-38)48(56-52)42-34-40(36(8)14-6)26-28-44(42)51(31-11-3)32-12-4/h15-28,33-36,42,44,49H,9-14,29-32H2,1-8H3. The fraction of sp³-hybridized carbons (Fsp3) is 0.469. The van der Waals surface area contributed by atoms with Gasteiger partial charge in [0.25, 0.3) is 0 Å². The van der Waals surface area contributed by atoms with Gasteiger partial charge >= 0.3 is 0 Å². The van der Waals surface area contributed by atoms with Crippen molar-refractivity contribution in [3.63, 3.8) is 0 Å². The van der Waals surface area contributed by atoms with Crippen LogP contribution in [0.15, 0.2) is 108 Å². The van der Waals surface area contributed by atoms with Gasteiger partial charge in [0.05, 0.1) is 0 Å². The highest BCUT2D eigenvalue weighted by atomic mass is 32.2. The number of thioether (sulfide) groups is 2. The lowest BCUT2D eigenvalue weighted by Gasteiger charge is -2.37. The van der Waals surface area contributed by atoms with Gasteiger partial charge in [0.2, 0.25) is 0 Å². The van der Waals surface area contributed by atoms with Crippen molar-refractivity contribution in [3.05, 3.63) is 130 Å². The summed E-state index contributed by atoms with van der Waals surface area (Å²) in [6.07, 6.45) is 14.6. The summed E-state index contributed by atoms with van der Waals surface area (Å²) >= 11 is 8.12. The maximum absolute atomic E-state index is 2.75. The van der Waals surface area contributed by atoms with Crippen LogP contribution in [0.5, 0.6) is 0 Å². The van der Waals surface area contributed by atoms with Crippen molar-refractivity contribution in [2.45, 2.75) is 111 Å². The van der Waals surface area contributed by atoms with Gasteiger partial charge in [-0.1, -0.05) is 164 Å². The second-order valence-corrected chi connectivity index (χ2v) is 20.3. The molecule has 0 amide bonds. The Kier molecular flexibility index (Phi) is 16.3. The fourth-order valence-corrected chi connectivity index (χ4v) is 14.1. The predicted molar refractivity (Wildman–Crippen MR) is 257 cm³/mol. The zero-order valence-corrected chi connectivity index (χ0v) is 38.4. The number of hydrogen-bond donors (Lipinski definition) is 0. The van der Waals surface area contributed by atoms with Crippen LogP contribution < -0.4 is 4.90 Å². The molecule has 0 spiro atoms. The number of benzene rings is 3. The third kappa shape index (κ3) is 9.94. The average Bonchev–Trinajstić information content (AvgIpc) is 3.89. The Balaban J connectivity index is 1.43. The maximum Gasteiger partial charge on any atom is 0.132 e. The van der Waals surface area contributed by atoms with E-state index >= 15 is 0 Å². The van der Waals surface area contributed by atoms with Crippen molar-refractivity contribution in [3.8, 4) is 0 Å². The predicted octanol–water partition coefficient (Wildman–Crippen LogP) is 15.0. The Morgan fingerprint density at radius 2 is 1.23 bits per heavy atom. The summed E-state index contributed by atoms with van der Waals surface area (Å²) < 4.78 is 2.85. The summed E-state index contributed by atoms with van der Waals surface area (Å²) in [5, 5.41) is 0. The van der Waals surface area contributed by atoms with E-state index in [-0.39, 0.29) is 4.71 Å². The van der Waals surface area contributed by atoms with Crippen molar-refractivity contribution >= 4 is 67.8 Å². The second kappa shape index (κ2) is 21.1. The average molecular weight is 824 g/mol. The molecule has 3 nitrogen and oxygen atoms in total. The second-order valence-electron chi connectivity index (χ2n) is 15.6. The summed E-state index contributed by atoms with van der Waals surface area (Å²) in [4.78, 5) is 11.1. The molecule has 3 aromatic carbocycles. The SMILES string of the molecule is CCCN(CCC)c1ccc(C(C)CC)cc1C1=C(c2ccccc2)SC(N2SC(c3ccccc3)=C(C3C=C(C(C)CC)C=CC3N(CCC)CCC)S2)S1. The molecule has 300 valence electrons. The van der Waals surface area contributed by atoms with Crippen LogP contribution in [0.4, 0.5) is 5.69 Å². The molecule has 7 heteroatoms. The van der Waals surface area contributed by atoms with Gasteiger partial charge < -0.3 is 4.90 Å². The molecule has 0 saturated heterocycles. The van der Waals surface area contributed by atoms with Crippen molar-refractivity contribution in [2.75, 3.05) is 31.1 Å². The van der Waals surface area contributed by atoms with Gasteiger partial charge in [-0.15, -0.1) is 0 Å². The van der Waals surface area contributed by atoms with Crippen LogP contribution in [0.2, 0.25) is 0 Å². The van der Waals surface area contributed by atoms with E-state index in [0.717, 1.165) is 64.7 Å². The topological polar surface area (TPSA) is 9.72 Å². The van der Waals surface area contributed by atoms with Crippen LogP contribution >= 0.6 is 47.4 Å². The van der Waals surface area contributed by atoms with E-state index in [4.69, 9.17) is 0 Å². The van der Waals surface area contributed by atoms with Gasteiger partial charge in [-0.2, -0.15) is 3.71 Å². The number of nitrogens with zero attached hydrogens (tertiary/aromatic N) is 3. The third-order valence-electron chi connectivity index (χ3n) is 11.4. The molecule has 3 aromatic rings. The molecule has 5 atom stereocenters. The van der Waals surface area contributed by atoms with Crippen molar-refractivity contribution in [1.29, 1.82) is 0 Å². The van der Waals surface area contributed by atoms with E-state index < -0.39 is 0 Å². The van der Waals surface area contributed by atoms with Crippen LogP contribution in [0.1, 0.15) is 122 Å². The molecule has 6 rings (SSSR count). The highest BCUT2D eigenvalue weighted by Crippen LogP contribution is 2.64. The number of anilines is 1. The van der Waals surface area contributed by atoms with Crippen LogP contribution in [-0.2, 0) is 0 Å². The van der Waals surface area contributed by atoms with Gasteiger partial charge in [-0.05, 0) is 122 Å². The Hall–Kier alpha value is -2.26. The lowest BCUT2D eigenvalue weighted by molar-refractivity contribution is 0.206. The van der Waals surface area contributed by atoms with E-state index in [0.29, 0.717) is 23.8 Å². The molecule has 5 unspecified atom stereocenters. The largest absolute Gasteiger partial charge is 0.371 e. The summed E-state index contributed by atoms with van der Waals surface area (Å²) in [6.45, 7) is 23.1.